The summed E-state index contributed by atoms with van der Waals surface area (Å²) in [5.41, 5.74) is 1.63. The summed E-state index contributed by atoms with van der Waals surface area (Å²) in [6, 6.07) is 12.5. The third-order valence-corrected chi connectivity index (χ3v) is 5.74. The zero-order valence-electron chi connectivity index (χ0n) is 11.3. The van der Waals surface area contributed by atoms with Crippen LogP contribution in [-0.2, 0) is 9.84 Å². The van der Waals surface area contributed by atoms with Crippen LogP contribution < -0.4 is 10.1 Å². The Hall–Kier alpha value is -1.53. The average Bonchev–Trinajstić information content (AvgIpc) is 2.70. The number of sulfone groups is 1. The van der Waals surface area contributed by atoms with E-state index in [1.54, 1.807) is 19.2 Å². The van der Waals surface area contributed by atoms with Crippen molar-refractivity contribution in [3.8, 4) is 5.75 Å². The van der Waals surface area contributed by atoms with Gasteiger partial charge in [0.2, 0.25) is 0 Å². The van der Waals surface area contributed by atoms with Crippen LogP contribution in [-0.4, -0.2) is 21.3 Å². The highest BCUT2D eigenvalue weighted by molar-refractivity contribution is 9.10. The molecule has 6 heteroatoms. The lowest BCUT2D eigenvalue weighted by Gasteiger charge is -2.15. The number of rotatable bonds is 3. The Kier molecular flexibility index (Phi) is 3.67. The lowest BCUT2D eigenvalue weighted by atomic mass is 10.1. The van der Waals surface area contributed by atoms with Gasteiger partial charge in [0.25, 0.3) is 0 Å². The minimum absolute atomic E-state index is 0.0706. The molecule has 2 aromatic carbocycles. The van der Waals surface area contributed by atoms with Gasteiger partial charge in [0.05, 0.1) is 23.8 Å². The molecule has 1 unspecified atom stereocenters. The summed E-state index contributed by atoms with van der Waals surface area (Å²) >= 11 is 3.42. The van der Waals surface area contributed by atoms with Gasteiger partial charge in [0.1, 0.15) is 5.75 Å². The van der Waals surface area contributed by atoms with Gasteiger partial charge in [-0.3, -0.25) is 0 Å². The summed E-state index contributed by atoms with van der Waals surface area (Å²) in [7, 11) is -1.61. The van der Waals surface area contributed by atoms with Crippen LogP contribution in [0.15, 0.2) is 51.8 Å². The minimum atomic E-state index is -3.21. The van der Waals surface area contributed by atoms with Crippen LogP contribution in [0.1, 0.15) is 11.6 Å². The summed E-state index contributed by atoms with van der Waals surface area (Å²) < 4.78 is 30.4. The van der Waals surface area contributed by atoms with Crippen LogP contribution in [0.4, 0.5) is 5.69 Å². The second kappa shape index (κ2) is 5.35. The molecule has 1 aliphatic heterocycles. The lowest BCUT2D eigenvalue weighted by molar-refractivity contribution is 0.414. The molecule has 0 aromatic heterocycles. The van der Waals surface area contributed by atoms with E-state index >= 15 is 0 Å². The number of hydrogen-bond acceptors (Lipinski definition) is 4. The Labute approximate surface area is 132 Å². The number of anilines is 1. The Morgan fingerprint density at radius 1 is 1.24 bits per heavy atom. The topological polar surface area (TPSA) is 55.4 Å². The molecule has 0 radical (unpaired) electrons. The highest BCUT2D eigenvalue weighted by atomic mass is 79.9. The minimum Gasteiger partial charge on any atom is -0.497 e. The summed E-state index contributed by atoms with van der Waals surface area (Å²) in [6.45, 7) is 0. The first-order valence-corrected chi connectivity index (χ1v) is 8.87. The smallest absolute Gasteiger partial charge is 0.181 e. The largest absolute Gasteiger partial charge is 0.497 e. The fourth-order valence-corrected chi connectivity index (χ4v) is 4.74. The molecule has 1 N–H and O–H groups in total. The first-order chi connectivity index (χ1) is 9.99. The highest BCUT2D eigenvalue weighted by Gasteiger charge is 2.34. The first kappa shape index (κ1) is 14.4. The lowest BCUT2D eigenvalue weighted by Crippen LogP contribution is -2.12. The summed E-state index contributed by atoms with van der Waals surface area (Å²) in [5, 5.41) is 3.28. The Morgan fingerprint density at radius 2 is 2.00 bits per heavy atom. The molecule has 0 spiro atoms. The number of fused-ring (bicyclic) bond motifs is 1. The molecule has 0 fully saturated rings. The number of halogens is 1. The van der Waals surface area contributed by atoms with E-state index in [0.29, 0.717) is 10.6 Å². The van der Waals surface area contributed by atoms with Crippen molar-refractivity contribution in [3.05, 3.63) is 52.5 Å². The average molecular weight is 368 g/mol. The number of methoxy groups -OCH3 is 1. The van der Waals surface area contributed by atoms with E-state index in [4.69, 9.17) is 4.74 Å². The summed E-state index contributed by atoms with van der Waals surface area (Å²) in [4.78, 5) is 0.421. The number of benzene rings is 2. The Morgan fingerprint density at radius 3 is 2.76 bits per heavy atom. The molecule has 0 bridgehead atoms. The summed E-state index contributed by atoms with van der Waals surface area (Å²) in [6.07, 6.45) is 0. The van der Waals surface area contributed by atoms with Gasteiger partial charge in [-0.25, -0.2) is 8.42 Å². The molecule has 1 atom stereocenters. The Balaban J connectivity index is 1.95. The van der Waals surface area contributed by atoms with Gasteiger partial charge in [-0.05, 0) is 23.8 Å². The molecule has 1 aliphatic rings. The maximum atomic E-state index is 12.2. The van der Waals surface area contributed by atoms with Crippen molar-refractivity contribution >= 4 is 31.5 Å². The van der Waals surface area contributed by atoms with Gasteiger partial charge in [0.15, 0.2) is 9.84 Å². The normalized spacial score (nSPS) is 19.0. The van der Waals surface area contributed by atoms with E-state index in [2.05, 4.69) is 21.2 Å². The van der Waals surface area contributed by atoms with Gasteiger partial charge in [0, 0.05) is 16.2 Å². The molecule has 0 saturated carbocycles. The van der Waals surface area contributed by atoms with Crippen molar-refractivity contribution in [2.75, 3.05) is 18.2 Å². The van der Waals surface area contributed by atoms with Crippen LogP contribution in [0.5, 0.6) is 5.75 Å². The van der Waals surface area contributed by atoms with Gasteiger partial charge in [-0.15, -0.1) is 0 Å². The van der Waals surface area contributed by atoms with E-state index in [1.807, 2.05) is 30.3 Å². The van der Waals surface area contributed by atoms with Crippen molar-refractivity contribution in [1.29, 1.82) is 0 Å². The quantitative estimate of drug-likeness (QED) is 0.902. The molecule has 0 amide bonds. The predicted molar refractivity (Wildman–Crippen MR) is 85.6 cm³/mol. The maximum absolute atomic E-state index is 12.2. The standard InChI is InChI=1S/C15H14BrNO3S/c1-20-12-7-10(16)6-11(8-12)17-14-9-21(18,19)15-5-3-2-4-13(14)15/h2-8,14,17H,9H2,1H3. The number of hydrogen-bond donors (Lipinski definition) is 1. The Bertz CT molecular complexity index is 789. The second-order valence-corrected chi connectivity index (χ2v) is 7.81. The van der Waals surface area contributed by atoms with E-state index in [9.17, 15) is 8.42 Å². The fraction of sp³-hybridized carbons (Fsp3) is 0.200. The molecule has 2 aromatic rings. The molecule has 1 heterocycles. The van der Waals surface area contributed by atoms with Gasteiger partial charge in [-0.1, -0.05) is 34.1 Å². The van der Waals surface area contributed by atoms with E-state index in [0.717, 1.165) is 15.7 Å². The van der Waals surface area contributed by atoms with Gasteiger partial charge >= 0.3 is 0 Å². The van der Waals surface area contributed by atoms with E-state index < -0.39 is 9.84 Å². The molecular formula is C15H14BrNO3S. The number of ether oxygens (including phenoxy) is 1. The van der Waals surface area contributed by atoms with E-state index in [-0.39, 0.29) is 11.8 Å². The van der Waals surface area contributed by atoms with Crippen LogP contribution in [0.2, 0.25) is 0 Å². The summed E-state index contributed by atoms with van der Waals surface area (Å²) in [5.74, 6) is 0.780. The number of nitrogens with one attached hydrogen (secondary N) is 1. The molecule has 0 aliphatic carbocycles. The highest BCUT2D eigenvalue weighted by Crippen LogP contribution is 2.36. The van der Waals surface area contributed by atoms with Crippen LogP contribution in [0.25, 0.3) is 0 Å². The molecule has 3 rings (SSSR count). The zero-order chi connectivity index (χ0) is 15.0. The van der Waals surface area contributed by atoms with E-state index in [1.165, 1.54) is 0 Å². The second-order valence-electron chi connectivity index (χ2n) is 4.90. The molecule has 110 valence electrons. The zero-order valence-corrected chi connectivity index (χ0v) is 13.7. The predicted octanol–water partition coefficient (Wildman–Crippen LogP) is 3.40. The van der Waals surface area contributed by atoms with Crippen molar-refractivity contribution in [2.24, 2.45) is 0 Å². The monoisotopic (exact) mass is 367 g/mol. The SMILES string of the molecule is COc1cc(Br)cc(NC2CS(=O)(=O)c3ccccc32)c1. The first-order valence-electron chi connectivity index (χ1n) is 6.42. The van der Waals surface area contributed by atoms with Crippen LogP contribution >= 0.6 is 15.9 Å². The fourth-order valence-electron chi connectivity index (χ4n) is 2.54. The molecule has 0 saturated heterocycles. The van der Waals surface area contributed by atoms with Crippen molar-refractivity contribution in [1.82, 2.24) is 0 Å². The molecular weight excluding hydrogens is 354 g/mol. The van der Waals surface area contributed by atoms with Crippen LogP contribution in [0.3, 0.4) is 0 Å². The van der Waals surface area contributed by atoms with Crippen molar-refractivity contribution < 1.29 is 13.2 Å². The van der Waals surface area contributed by atoms with Crippen molar-refractivity contribution in [3.63, 3.8) is 0 Å². The van der Waals surface area contributed by atoms with Gasteiger partial charge < -0.3 is 10.1 Å². The maximum Gasteiger partial charge on any atom is 0.181 e. The third kappa shape index (κ3) is 2.78. The van der Waals surface area contributed by atoms with Crippen molar-refractivity contribution in [2.45, 2.75) is 10.9 Å². The molecule has 4 nitrogen and oxygen atoms in total. The van der Waals surface area contributed by atoms with Crippen LogP contribution in [0, 0.1) is 0 Å². The van der Waals surface area contributed by atoms with Gasteiger partial charge in [-0.2, -0.15) is 0 Å². The third-order valence-electron chi connectivity index (χ3n) is 3.46. The molecule has 21 heavy (non-hydrogen) atoms.